The van der Waals surface area contributed by atoms with E-state index in [2.05, 4.69) is 13.8 Å². The third-order valence-corrected chi connectivity index (χ3v) is 3.93. The zero-order chi connectivity index (χ0) is 10.9. The quantitative estimate of drug-likeness (QED) is 0.776. The largest absolute Gasteiger partial charge is 0.870 e. The number of rotatable bonds is 2. The number of quaternary nitrogens is 1. The van der Waals surface area contributed by atoms with Gasteiger partial charge in [0.25, 0.3) is 0 Å². The third kappa shape index (κ3) is 5.86. The predicted octanol–water partition coefficient (Wildman–Crippen LogP) is 2.63. The van der Waals surface area contributed by atoms with Crippen molar-refractivity contribution < 1.29 is 10.4 Å². The van der Waals surface area contributed by atoms with Gasteiger partial charge in [-0.25, -0.2) is 0 Å². The molecule has 1 aliphatic heterocycles. The van der Waals surface area contributed by atoms with Crippen molar-refractivity contribution in [1.82, 2.24) is 0 Å². The Kier molecular flexibility index (Phi) is 10.0. The van der Waals surface area contributed by atoms with E-state index in [0.29, 0.717) is 0 Å². The van der Waals surface area contributed by atoms with Crippen molar-refractivity contribution in [3.05, 3.63) is 0 Å². The summed E-state index contributed by atoms with van der Waals surface area (Å²) in [4.78, 5) is 1.94. The first kappa shape index (κ1) is 15.9. The van der Waals surface area contributed by atoms with Gasteiger partial charge in [0, 0.05) is 0 Å². The minimum Gasteiger partial charge on any atom is -0.870 e. The molecule has 0 bridgehead atoms. The van der Waals surface area contributed by atoms with Crippen LogP contribution in [-0.2, 0) is 0 Å². The number of hydrogen-bond donors (Lipinski definition) is 1. The molecule has 2 heteroatoms. The minimum absolute atomic E-state index is 0. The van der Waals surface area contributed by atoms with Crippen LogP contribution in [0, 0.1) is 0 Å². The molecule has 2 N–H and O–H groups in total. The molecule has 0 aromatic rings. The lowest BCUT2D eigenvalue weighted by Gasteiger charge is -2.28. The molecule has 16 heavy (non-hydrogen) atoms. The van der Waals surface area contributed by atoms with Crippen molar-refractivity contribution in [1.29, 1.82) is 0 Å². The van der Waals surface area contributed by atoms with Gasteiger partial charge >= 0.3 is 0 Å². The molecule has 2 aliphatic rings. The summed E-state index contributed by atoms with van der Waals surface area (Å²) in [6.07, 6.45) is 13.2. The fraction of sp³-hybridized carbons (Fsp3) is 1.00. The van der Waals surface area contributed by atoms with Crippen molar-refractivity contribution in [2.24, 2.45) is 0 Å². The second-order valence-corrected chi connectivity index (χ2v) is 5.20. The molecule has 1 saturated heterocycles. The summed E-state index contributed by atoms with van der Waals surface area (Å²) in [5, 5.41) is 0. The van der Waals surface area contributed by atoms with Gasteiger partial charge in [0.2, 0.25) is 0 Å². The summed E-state index contributed by atoms with van der Waals surface area (Å²) in [5.74, 6) is 0. The summed E-state index contributed by atoms with van der Waals surface area (Å²) in [7, 11) is 0. The maximum absolute atomic E-state index is 2.18. The number of piperidine rings is 1. The molecule has 1 aliphatic carbocycles. The first-order valence-corrected chi connectivity index (χ1v) is 7.23. The topological polar surface area (TPSA) is 34.4 Å². The molecule has 98 valence electrons. The lowest BCUT2D eigenvalue weighted by molar-refractivity contribution is -0.929. The molecule has 0 unspecified atom stereocenters. The summed E-state index contributed by atoms with van der Waals surface area (Å²) in [5.41, 5.74) is 0. The van der Waals surface area contributed by atoms with E-state index in [1.54, 1.807) is 0 Å². The Hall–Kier alpha value is -0.0800. The predicted molar refractivity (Wildman–Crippen MR) is 69.3 cm³/mol. The molecule has 2 fully saturated rings. The Labute approximate surface area is 102 Å². The van der Waals surface area contributed by atoms with Gasteiger partial charge in [-0.05, 0) is 44.9 Å². The van der Waals surface area contributed by atoms with Gasteiger partial charge in [-0.2, -0.15) is 0 Å². The molecule has 0 amide bonds. The number of unbranched alkanes of at least 4 members (excludes halogenated alkanes) is 1. The molecular formula is C14H31NO. The second-order valence-electron chi connectivity index (χ2n) is 5.20. The molecular weight excluding hydrogens is 198 g/mol. The van der Waals surface area contributed by atoms with Crippen molar-refractivity contribution in [3.63, 3.8) is 0 Å². The van der Waals surface area contributed by atoms with Crippen LogP contribution in [0.25, 0.3) is 0 Å². The van der Waals surface area contributed by atoms with Crippen molar-refractivity contribution in [2.45, 2.75) is 77.7 Å². The Morgan fingerprint density at radius 2 is 1.31 bits per heavy atom. The van der Waals surface area contributed by atoms with E-state index in [1.165, 1.54) is 70.9 Å². The summed E-state index contributed by atoms with van der Waals surface area (Å²) in [6, 6.07) is 1.07. The van der Waals surface area contributed by atoms with Gasteiger partial charge in [-0.1, -0.05) is 26.7 Å². The standard InChI is InChI=1S/C10H19N.C4H10.H2O/c1-4-8-11(9-5-1)10-6-2-3-7-10;1-3-4-2;/h10H,1-9H2;3-4H2,1-2H3;1H2. The monoisotopic (exact) mass is 229 g/mol. The SMILES string of the molecule is C1CC[NH+](C2CCCC2)CC1.CCCC.[OH-]. The Bertz CT molecular complexity index is 136. The van der Waals surface area contributed by atoms with Crippen LogP contribution in [-0.4, -0.2) is 24.6 Å². The van der Waals surface area contributed by atoms with Crippen molar-refractivity contribution in [2.75, 3.05) is 13.1 Å². The van der Waals surface area contributed by atoms with Gasteiger partial charge < -0.3 is 10.4 Å². The highest BCUT2D eigenvalue weighted by molar-refractivity contribution is 4.66. The van der Waals surface area contributed by atoms with E-state index in [9.17, 15) is 0 Å². The number of nitrogens with one attached hydrogen (secondary N) is 1. The van der Waals surface area contributed by atoms with Crippen LogP contribution in [0.3, 0.4) is 0 Å². The smallest absolute Gasteiger partial charge is 0.0874 e. The van der Waals surface area contributed by atoms with Crippen LogP contribution in [0.1, 0.15) is 71.6 Å². The van der Waals surface area contributed by atoms with Crippen molar-refractivity contribution in [3.8, 4) is 0 Å². The third-order valence-electron chi connectivity index (χ3n) is 3.93. The average molecular weight is 229 g/mol. The highest BCUT2D eigenvalue weighted by Gasteiger charge is 2.26. The molecule has 1 heterocycles. The average Bonchev–Trinajstić information content (AvgIpc) is 2.84. The summed E-state index contributed by atoms with van der Waals surface area (Å²) >= 11 is 0. The lowest BCUT2D eigenvalue weighted by atomic mass is 10.1. The maximum Gasteiger partial charge on any atom is 0.0874 e. The van der Waals surface area contributed by atoms with Crippen molar-refractivity contribution >= 4 is 0 Å². The van der Waals surface area contributed by atoms with E-state index in [-0.39, 0.29) is 5.48 Å². The Morgan fingerprint density at radius 1 is 0.812 bits per heavy atom. The Morgan fingerprint density at radius 3 is 1.75 bits per heavy atom. The molecule has 0 radical (unpaired) electrons. The van der Waals surface area contributed by atoms with Gasteiger partial charge in [-0.15, -0.1) is 0 Å². The molecule has 0 aromatic heterocycles. The zero-order valence-corrected chi connectivity index (χ0v) is 11.3. The summed E-state index contributed by atoms with van der Waals surface area (Å²) in [6.45, 7) is 7.31. The maximum atomic E-state index is 2.18. The van der Waals surface area contributed by atoms with Crippen LogP contribution in [0.15, 0.2) is 0 Å². The van der Waals surface area contributed by atoms with Crippen LogP contribution in [0.5, 0.6) is 0 Å². The minimum atomic E-state index is 0. The van der Waals surface area contributed by atoms with Crippen LogP contribution >= 0.6 is 0 Å². The fourth-order valence-electron chi connectivity index (χ4n) is 2.75. The van der Waals surface area contributed by atoms with Gasteiger partial charge in [0.15, 0.2) is 0 Å². The fourth-order valence-corrected chi connectivity index (χ4v) is 2.75. The van der Waals surface area contributed by atoms with E-state index in [1.807, 2.05) is 4.90 Å². The number of hydrogen-bond acceptors (Lipinski definition) is 1. The zero-order valence-electron chi connectivity index (χ0n) is 11.3. The van der Waals surface area contributed by atoms with Crippen LogP contribution < -0.4 is 4.90 Å². The second kappa shape index (κ2) is 10.1. The first-order chi connectivity index (χ1) is 7.38. The molecule has 0 spiro atoms. The molecule has 2 nitrogen and oxygen atoms in total. The van der Waals surface area contributed by atoms with Gasteiger partial charge in [-0.3, -0.25) is 0 Å². The lowest BCUT2D eigenvalue weighted by Crippen LogP contribution is -3.16. The van der Waals surface area contributed by atoms with Crippen LogP contribution in [0.2, 0.25) is 0 Å². The molecule has 0 aromatic carbocycles. The first-order valence-electron chi connectivity index (χ1n) is 7.23. The molecule has 0 atom stereocenters. The van der Waals surface area contributed by atoms with E-state index >= 15 is 0 Å². The highest BCUT2D eigenvalue weighted by atomic mass is 16.0. The molecule has 1 saturated carbocycles. The van der Waals surface area contributed by atoms with E-state index in [4.69, 9.17) is 0 Å². The summed E-state index contributed by atoms with van der Waals surface area (Å²) < 4.78 is 0. The van der Waals surface area contributed by atoms with E-state index < -0.39 is 0 Å². The molecule has 2 rings (SSSR count). The van der Waals surface area contributed by atoms with Gasteiger partial charge in [0.1, 0.15) is 0 Å². The Balaban J connectivity index is 0.000000397. The van der Waals surface area contributed by atoms with Gasteiger partial charge in [0.05, 0.1) is 19.1 Å². The highest BCUT2D eigenvalue weighted by Crippen LogP contribution is 2.16. The van der Waals surface area contributed by atoms with Crippen LogP contribution in [0.4, 0.5) is 0 Å². The normalized spacial score (nSPS) is 22.1. The van der Waals surface area contributed by atoms with E-state index in [0.717, 1.165) is 6.04 Å². The number of likely N-dealkylation sites (tertiary alicyclic amines) is 1.